The first-order valence-corrected chi connectivity index (χ1v) is 9.13. The molecule has 0 amide bonds. The molecule has 0 atom stereocenters. The van der Waals surface area contributed by atoms with Gasteiger partial charge in [-0.05, 0) is 62.0 Å². The number of piperidine rings is 1. The molecule has 128 valence electrons. The highest BCUT2D eigenvalue weighted by Gasteiger charge is 2.08. The van der Waals surface area contributed by atoms with Gasteiger partial charge in [-0.2, -0.15) is 0 Å². The second kappa shape index (κ2) is 9.45. The molecule has 0 aliphatic carbocycles. The number of hydrogen-bond donors (Lipinski definition) is 1. The summed E-state index contributed by atoms with van der Waals surface area (Å²) in [4.78, 5) is 8.14. The van der Waals surface area contributed by atoms with Crippen LogP contribution < -0.4 is 5.48 Å². The molecule has 24 heavy (non-hydrogen) atoms. The molecule has 1 saturated heterocycles. The molecule has 0 radical (unpaired) electrons. The molecule has 0 unspecified atom stereocenters. The van der Waals surface area contributed by atoms with E-state index in [1.807, 2.05) is 0 Å². The van der Waals surface area contributed by atoms with E-state index in [-0.39, 0.29) is 0 Å². The predicted molar refractivity (Wildman–Crippen MR) is 100 cm³/mol. The molecule has 0 bridgehead atoms. The van der Waals surface area contributed by atoms with Gasteiger partial charge >= 0.3 is 0 Å². The lowest BCUT2D eigenvalue weighted by atomic mass is 10.1. The Kier molecular flexibility index (Phi) is 6.70. The standard InChI is InChI=1S/C21H28N2O/c1-3-8-19(9-4-1)18-20-10-12-21(13-11-20)22-24-17-7-16-23-14-5-2-6-15-23/h1,3-4,8-13,22H,2,5-7,14-18H2. The Morgan fingerprint density at radius 3 is 2.29 bits per heavy atom. The van der Waals surface area contributed by atoms with Crippen molar-refractivity contribution in [1.82, 2.24) is 4.90 Å². The minimum Gasteiger partial charge on any atom is -0.303 e. The Morgan fingerprint density at radius 1 is 0.833 bits per heavy atom. The summed E-state index contributed by atoms with van der Waals surface area (Å²) in [5, 5.41) is 0. The van der Waals surface area contributed by atoms with E-state index in [1.54, 1.807) is 0 Å². The molecule has 3 rings (SSSR count). The Bertz CT molecular complexity index is 577. The predicted octanol–water partition coefficient (Wildman–Crippen LogP) is 4.50. The Hall–Kier alpha value is -1.84. The van der Waals surface area contributed by atoms with E-state index < -0.39 is 0 Å². The van der Waals surface area contributed by atoms with Crippen LogP contribution in [-0.2, 0) is 11.3 Å². The third-order valence-electron chi connectivity index (χ3n) is 4.56. The second-order valence-electron chi connectivity index (χ2n) is 6.57. The van der Waals surface area contributed by atoms with Gasteiger partial charge in [0.25, 0.3) is 0 Å². The molecule has 2 aromatic carbocycles. The van der Waals surface area contributed by atoms with Crippen LogP contribution in [0.3, 0.4) is 0 Å². The van der Waals surface area contributed by atoms with Crippen LogP contribution in [0.5, 0.6) is 0 Å². The Balaban J connectivity index is 1.34. The van der Waals surface area contributed by atoms with E-state index in [9.17, 15) is 0 Å². The first-order chi connectivity index (χ1) is 11.9. The zero-order chi connectivity index (χ0) is 16.5. The molecule has 0 spiro atoms. The van der Waals surface area contributed by atoms with Crippen LogP contribution in [0.15, 0.2) is 54.6 Å². The van der Waals surface area contributed by atoms with Crippen molar-refractivity contribution in [2.24, 2.45) is 0 Å². The number of likely N-dealkylation sites (tertiary alicyclic amines) is 1. The van der Waals surface area contributed by atoms with Crippen molar-refractivity contribution < 1.29 is 4.84 Å². The van der Waals surface area contributed by atoms with Gasteiger partial charge in [-0.1, -0.05) is 48.9 Å². The van der Waals surface area contributed by atoms with Crippen LogP contribution in [0.4, 0.5) is 5.69 Å². The van der Waals surface area contributed by atoms with Crippen molar-refractivity contribution in [2.75, 3.05) is 31.7 Å². The fourth-order valence-electron chi connectivity index (χ4n) is 3.20. The van der Waals surface area contributed by atoms with Gasteiger partial charge < -0.3 is 4.90 Å². The third kappa shape index (κ3) is 5.66. The van der Waals surface area contributed by atoms with E-state index >= 15 is 0 Å². The van der Waals surface area contributed by atoms with Gasteiger partial charge in [0.05, 0.1) is 12.3 Å². The van der Waals surface area contributed by atoms with Crippen molar-refractivity contribution in [1.29, 1.82) is 0 Å². The summed E-state index contributed by atoms with van der Waals surface area (Å²) >= 11 is 0. The maximum Gasteiger partial charge on any atom is 0.0758 e. The smallest absolute Gasteiger partial charge is 0.0758 e. The molecule has 0 aromatic heterocycles. The number of nitrogens with zero attached hydrogens (tertiary/aromatic N) is 1. The van der Waals surface area contributed by atoms with Crippen LogP contribution in [0.25, 0.3) is 0 Å². The monoisotopic (exact) mass is 324 g/mol. The van der Waals surface area contributed by atoms with Crippen LogP contribution in [-0.4, -0.2) is 31.1 Å². The van der Waals surface area contributed by atoms with Gasteiger partial charge in [-0.25, -0.2) is 0 Å². The molecule has 3 nitrogen and oxygen atoms in total. The van der Waals surface area contributed by atoms with Crippen LogP contribution in [0.2, 0.25) is 0 Å². The van der Waals surface area contributed by atoms with E-state index in [1.165, 1.54) is 43.5 Å². The van der Waals surface area contributed by atoms with Crippen molar-refractivity contribution in [3.05, 3.63) is 65.7 Å². The molecule has 1 heterocycles. The summed E-state index contributed by atoms with van der Waals surface area (Å²) in [6.07, 6.45) is 6.16. The van der Waals surface area contributed by atoms with Crippen molar-refractivity contribution >= 4 is 5.69 Å². The van der Waals surface area contributed by atoms with E-state index in [4.69, 9.17) is 4.84 Å². The Labute approximate surface area is 145 Å². The van der Waals surface area contributed by atoms with Crippen molar-refractivity contribution in [3.8, 4) is 0 Å². The van der Waals surface area contributed by atoms with E-state index in [0.717, 1.165) is 31.7 Å². The summed E-state index contributed by atoms with van der Waals surface area (Å²) in [6.45, 7) is 4.42. The number of hydrogen-bond acceptors (Lipinski definition) is 3. The largest absolute Gasteiger partial charge is 0.303 e. The highest BCUT2D eigenvalue weighted by Crippen LogP contribution is 2.14. The molecule has 3 heteroatoms. The fourth-order valence-corrected chi connectivity index (χ4v) is 3.20. The van der Waals surface area contributed by atoms with E-state index in [2.05, 4.69) is 65.0 Å². The normalized spacial score (nSPS) is 15.3. The number of benzene rings is 2. The lowest BCUT2D eigenvalue weighted by molar-refractivity contribution is 0.159. The van der Waals surface area contributed by atoms with Gasteiger partial charge in [0.15, 0.2) is 0 Å². The first kappa shape index (κ1) is 17.0. The van der Waals surface area contributed by atoms with Gasteiger partial charge in [-0.3, -0.25) is 10.3 Å². The van der Waals surface area contributed by atoms with Crippen molar-refractivity contribution in [3.63, 3.8) is 0 Å². The fraction of sp³-hybridized carbons (Fsp3) is 0.429. The Morgan fingerprint density at radius 2 is 1.54 bits per heavy atom. The molecular formula is C21H28N2O. The topological polar surface area (TPSA) is 24.5 Å². The quantitative estimate of drug-likeness (QED) is 0.572. The van der Waals surface area contributed by atoms with Crippen molar-refractivity contribution in [2.45, 2.75) is 32.1 Å². The second-order valence-corrected chi connectivity index (χ2v) is 6.57. The summed E-state index contributed by atoms with van der Waals surface area (Å²) in [5.41, 5.74) is 6.73. The number of rotatable bonds is 8. The molecule has 1 fully saturated rings. The third-order valence-corrected chi connectivity index (χ3v) is 4.56. The summed E-state index contributed by atoms with van der Waals surface area (Å²) < 4.78 is 0. The maximum absolute atomic E-state index is 5.59. The van der Waals surface area contributed by atoms with Gasteiger partial charge in [0, 0.05) is 6.54 Å². The molecular weight excluding hydrogens is 296 g/mol. The molecule has 2 aromatic rings. The molecule has 1 N–H and O–H groups in total. The van der Waals surface area contributed by atoms with Gasteiger partial charge in [-0.15, -0.1) is 0 Å². The SMILES string of the molecule is c1ccc(Cc2ccc(NOCCCN3CCCCC3)cc2)cc1. The van der Waals surface area contributed by atoms with Gasteiger partial charge in [0.2, 0.25) is 0 Å². The van der Waals surface area contributed by atoms with Crippen LogP contribution in [0.1, 0.15) is 36.8 Å². The summed E-state index contributed by atoms with van der Waals surface area (Å²) in [5.74, 6) is 0. The lowest BCUT2D eigenvalue weighted by Crippen LogP contribution is -2.31. The zero-order valence-corrected chi connectivity index (χ0v) is 14.4. The highest BCUT2D eigenvalue weighted by molar-refractivity contribution is 5.43. The van der Waals surface area contributed by atoms with E-state index in [0.29, 0.717) is 0 Å². The van der Waals surface area contributed by atoms with Crippen LogP contribution in [0, 0.1) is 0 Å². The number of anilines is 1. The van der Waals surface area contributed by atoms with Crippen LogP contribution >= 0.6 is 0 Å². The number of nitrogens with one attached hydrogen (secondary N) is 1. The average molecular weight is 324 g/mol. The minimum atomic E-state index is 0.752. The highest BCUT2D eigenvalue weighted by atomic mass is 16.6. The minimum absolute atomic E-state index is 0.752. The summed E-state index contributed by atoms with van der Waals surface area (Å²) in [7, 11) is 0. The van der Waals surface area contributed by atoms with Gasteiger partial charge in [0.1, 0.15) is 0 Å². The zero-order valence-electron chi connectivity index (χ0n) is 14.4. The molecule has 1 aliphatic rings. The molecule has 1 aliphatic heterocycles. The average Bonchev–Trinajstić information content (AvgIpc) is 2.65. The lowest BCUT2D eigenvalue weighted by Gasteiger charge is -2.26. The maximum atomic E-state index is 5.59. The molecule has 0 saturated carbocycles. The first-order valence-electron chi connectivity index (χ1n) is 9.13. The summed E-state index contributed by atoms with van der Waals surface area (Å²) in [6, 6.07) is 19.0.